The summed E-state index contributed by atoms with van der Waals surface area (Å²) in [6, 6.07) is 17.3. The topological polar surface area (TPSA) is 59.2 Å². The third-order valence-electron chi connectivity index (χ3n) is 4.92. The number of pyridine rings is 1. The molecule has 0 saturated carbocycles. The van der Waals surface area contributed by atoms with Crippen molar-refractivity contribution >= 4 is 34.9 Å². The Bertz CT molecular complexity index is 1270. The van der Waals surface area contributed by atoms with Crippen LogP contribution < -0.4 is 5.01 Å². The number of hydrazone groups is 1. The van der Waals surface area contributed by atoms with Crippen LogP contribution in [0.2, 0.25) is 10.0 Å². The normalized spacial score (nSPS) is 12.8. The van der Waals surface area contributed by atoms with Crippen molar-refractivity contribution in [2.75, 3.05) is 5.01 Å². The highest BCUT2D eigenvalue weighted by Crippen LogP contribution is 2.33. The Morgan fingerprint density at radius 1 is 0.900 bits per heavy atom. The predicted molar refractivity (Wildman–Crippen MR) is 119 cm³/mol. The van der Waals surface area contributed by atoms with Gasteiger partial charge in [0.1, 0.15) is 11.5 Å². The molecular weight excluding hydrogens is 419 g/mol. The van der Waals surface area contributed by atoms with E-state index in [2.05, 4.69) is 15.2 Å². The molecule has 0 amide bonds. The van der Waals surface area contributed by atoms with Gasteiger partial charge in [0, 0.05) is 28.5 Å². The zero-order valence-corrected chi connectivity index (χ0v) is 17.5. The molecule has 0 bridgehead atoms. The van der Waals surface area contributed by atoms with Crippen LogP contribution in [-0.4, -0.2) is 25.5 Å². The van der Waals surface area contributed by atoms with Crippen molar-refractivity contribution in [2.45, 2.75) is 13.5 Å². The number of nitrogens with zero attached hydrogens (tertiary/aromatic N) is 6. The van der Waals surface area contributed by atoms with Gasteiger partial charge in [-0.15, -0.1) is 10.2 Å². The average molecular weight is 435 g/mol. The number of anilines is 1. The third kappa shape index (κ3) is 3.24. The quantitative estimate of drug-likeness (QED) is 0.452. The van der Waals surface area contributed by atoms with Gasteiger partial charge in [-0.3, -0.25) is 9.55 Å². The number of halogens is 2. The fourth-order valence-electron chi connectivity index (χ4n) is 3.53. The predicted octanol–water partition coefficient (Wildman–Crippen LogP) is 5.05. The molecule has 0 unspecified atom stereocenters. The molecule has 2 aromatic heterocycles. The smallest absolute Gasteiger partial charge is 0.252 e. The van der Waals surface area contributed by atoms with Gasteiger partial charge in [0.15, 0.2) is 0 Å². The minimum absolute atomic E-state index is 0.496. The van der Waals surface area contributed by atoms with Crippen LogP contribution in [0.5, 0.6) is 0 Å². The largest absolute Gasteiger partial charge is 0.265 e. The van der Waals surface area contributed by atoms with Crippen LogP contribution >= 0.6 is 23.2 Å². The van der Waals surface area contributed by atoms with Crippen molar-refractivity contribution < 1.29 is 0 Å². The van der Waals surface area contributed by atoms with Crippen LogP contribution in [0.1, 0.15) is 22.5 Å². The second kappa shape index (κ2) is 7.55. The van der Waals surface area contributed by atoms with E-state index in [9.17, 15) is 0 Å². The van der Waals surface area contributed by atoms with E-state index in [0.717, 1.165) is 33.9 Å². The number of fused-ring (bicyclic) bond motifs is 3. The molecule has 0 atom stereocenters. The molecule has 0 saturated heterocycles. The van der Waals surface area contributed by atoms with E-state index >= 15 is 0 Å². The Labute approximate surface area is 183 Å². The lowest BCUT2D eigenvalue weighted by Gasteiger charge is -2.18. The van der Waals surface area contributed by atoms with Crippen molar-refractivity contribution in [3.63, 3.8) is 0 Å². The lowest BCUT2D eigenvalue weighted by atomic mass is 10.0. The molecule has 2 aromatic carbocycles. The van der Waals surface area contributed by atoms with Gasteiger partial charge in [0.05, 0.1) is 17.3 Å². The summed E-state index contributed by atoms with van der Waals surface area (Å²) in [7, 11) is 0. The van der Waals surface area contributed by atoms with E-state index in [-0.39, 0.29) is 0 Å². The SMILES string of the molecule is Cc1nnc2n1-c1ccc(Cl)cc1C(c1ccccc1Cl)=NN2Cc1ccncc1. The molecule has 0 radical (unpaired) electrons. The molecule has 3 heterocycles. The maximum atomic E-state index is 6.57. The summed E-state index contributed by atoms with van der Waals surface area (Å²) in [5.74, 6) is 1.37. The molecule has 5 rings (SSSR count). The van der Waals surface area contributed by atoms with Crippen molar-refractivity contribution in [3.05, 3.63) is 99.6 Å². The summed E-state index contributed by atoms with van der Waals surface area (Å²) in [5.41, 5.74) is 4.34. The van der Waals surface area contributed by atoms with Gasteiger partial charge >= 0.3 is 0 Å². The second-order valence-corrected chi connectivity index (χ2v) is 7.73. The minimum atomic E-state index is 0.496. The van der Waals surface area contributed by atoms with Gasteiger partial charge in [0.2, 0.25) is 0 Å². The van der Waals surface area contributed by atoms with Gasteiger partial charge in [-0.1, -0.05) is 41.4 Å². The lowest BCUT2D eigenvalue weighted by Crippen LogP contribution is -2.20. The first kappa shape index (κ1) is 18.8. The molecule has 1 aliphatic heterocycles. The zero-order chi connectivity index (χ0) is 20.7. The number of rotatable bonds is 3. The maximum Gasteiger partial charge on any atom is 0.252 e. The lowest BCUT2D eigenvalue weighted by molar-refractivity contribution is 0.795. The molecule has 148 valence electrons. The minimum Gasteiger partial charge on any atom is -0.265 e. The van der Waals surface area contributed by atoms with Crippen molar-refractivity contribution in [3.8, 4) is 5.69 Å². The average Bonchev–Trinajstić information content (AvgIpc) is 3.07. The fraction of sp³-hybridized carbons (Fsp3) is 0.0909. The highest BCUT2D eigenvalue weighted by molar-refractivity contribution is 6.36. The molecule has 6 nitrogen and oxygen atoms in total. The Morgan fingerprint density at radius 2 is 1.70 bits per heavy atom. The van der Waals surface area contributed by atoms with E-state index in [0.29, 0.717) is 22.5 Å². The van der Waals surface area contributed by atoms with Crippen LogP contribution in [-0.2, 0) is 6.54 Å². The highest BCUT2D eigenvalue weighted by atomic mass is 35.5. The van der Waals surface area contributed by atoms with Crippen molar-refractivity contribution in [1.82, 2.24) is 19.7 Å². The van der Waals surface area contributed by atoms with Crippen LogP contribution in [0.4, 0.5) is 5.95 Å². The standard InChI is InChI=1S/C22H16Cl2N6/c1-14-26-27-22-29(13-15-8-10-25-11-9-15)28-21(17-4-2-3-5-19(17)24)18-12-16(23)6-7-20(18)30(14)22/h2-12H,13H2,1H3. The number of benzene rings is 2. The summed E-state index contributed by atoms with van der Waals surface area (Å²) in [6.45, 7) is 2.41. The first-order valence-electron chi connectivity index (χ1n) is 9.34. The van der Waals surface area contributed by atoms with Crippen LogP contribution in [0.15, 0.2) is 72.1 Å². The van der Waals surface area contributed by atoms with Gasteiger partial charge in [-0.05, 0) is 48.9 Å². The van der Waals surface area contributed by atoms with Gasteiger partial charge < -0.3 is 0 Å². The van der Waals surface area contributed by atoms with Gasteiger partial charge in [0.25, 0.3) is 5.95 Å². The highest BCUT2D eigenvalue weighted by Gasteiger charge is 2.27. The summed E-state index contributed by atoms with van der Waals surface area (Å²) in [4.78, 5) is 4.10. The van der Waals surface area contributed by atoms with E-state index in [4.69, 9.17) is 28.3 Å². The summed E-state index contributed by atoms with van der Waals surface area (Å²) in [5, 5.41) is 16.8. The van der Waals surface area contributed by atoms with Gasteiger partial charge in [-0.25, -0.2) is 5.01 Å². The Balaban J connectivity index is 1.78. The number of hydrogen-bond acceptors (Lipinski definition) is 5. The molecule has 30 heavy (non-hydrogen) atoms. The fourth-order valence-corrected chi connectivity index (χ4v) is 3.93. The van der Waals surface area contributed by atoms with E-state index < -0.39 is 0 Å². The first-order chi connectivity index (χ1) is 14.6. The molecule has 8 heteroatoms. The zero-order valence-electron chi connectivity index (χ0n) is 16.0. The molecule has 0 aliphatic carbocycles. The van der Waals surface area contributed by atoms with E-state index in [1.165, 1.54) is 0 Å². The van der Waals surface area contributed by atoms with E-state index in [1.807, 2.05) is 71.1 Å². The van der Waals surface area contributed by atoms with Crippen LogP contribution in [0.3, 0.4) is 0 Å². The summed E-state index contributed by atoms with van der Waals surface area (Å²) < 4.78 is 1.99. The second-order valence-electron chi connectivity index (χ2n) is 6.89. The molecule has 1 aliphatic rings. The Hall–Kier alpha value is -3.22. The van der Waals surface area contributed by atoms with Crippen molar-refractivity contribution in [1.29, 1.82) is 0 Å². The Kier molecular flexibility index (Phi) is 4.73. The van der Waals surface area contributed by atoms with E-state index in [1.54, 1.807) is 12.4 Å². The Morgan fingerprint density at radius 3 is 2.50 bits per heavy atom. The number of hydrogen-bond donors (Lipinski definition) is 0. The van der Waals surface area contributed by atoms with Crippen LogP contribution in [0.25, 0.3) is 5.69 Å². The summed E-state index contributed by atoms with van der Waals surface area (Å²) >= 11 is 12.9. The van der Waals surface area contributed by atoms with Gasteiger partial charge in [-0.2, -0.15) is 5.10 Å². The first-order valence-corrected chi connectivity index (χ1v) is 10.1. The van der Waals surface area contributed by atoms with Crippen molar-refractivity contribution in [2.24, 2.45) is 5.10 Å². The molecule has 0 spiro atoms. The molecule has 0 N–H and O–H groups in total. The van der Waals surface area contributed by atoms with Crippen LogP contribution in [0, 0.1) is 6.92 Å². The number of aromatic nitrogens is 4. The summed E-state index contributed by atoms with van der Waals surface area (Å²) in [6.07, 6.45) is 3.52. The number of aryl methyl sites for hydroxylation is 1. The monoisotopic (exact) mass is 434 g/mol. The maximum absolute atomic E-state index is 6.57. The molecule has 4 aromatic rings. The molecular formula is C22H16Cl2N6. The molecule has 0 fully saturated rings. The third-order valence-corrected chi connectivity index (χ3v) is 5.49.